The minimum Gasteiger partial charge on any atom is -0.294 e. The van der Waals surface area contributed by atoms with E-state index in [1.807, 2.05) is 12.3 Å². The second-order valence-electron chi connectivity index (χ2n) is 5.95. The van der Waals surface area contributed by atoms with Gasteiger partial charge in [0.05, 0.1) is 0 Å². The maximum absolute atomic E-state index is 12.4. The van der Waals surface area contributed by atoms with Crippen LogP contribution in [0.3, 0.4) is 0 Å². The van der Waals surface area contributed by atoms with Gasteiger partial charge in [-0.25, -0.2) is 0 Å². The first-order valence-corrected chi connectivity index (χ1v) is 7.24. The first kappa shape index (κ1) is 11.9. The minimum absolute atomic E-state index is 0.340. The summed E-state index contributed by atoms with van der Waals surface area (Å²) < 4.78 is 0. The number of carbonyl (C=O) groups is 1. The number of ketones is 1. The molecule has 1 heterocycles. The Balaban J connectivity index is 1.71. The number of nitrogens with zero attached hydrogens (tertiary/aromatic N) is 1. The average Bonchev–Trinajstić information content (AvgIpc) is 3.01. The highest BCUT2D eigenvalue weighted by molar-refractivity contribution is 5.97. The molecule has 2 saturated carbocycles. The molecule has 0 N–H and O–H groups in total. The summed E-state index contributed by atoms with van der Waals surface area (Å²) in [7, 11) is 0. The van der Waals surface area contributed by atoms with Crippen LogP contribution in [0, 0.1) is 17.8 Å². The van der Waals surface area contributed by atoms with Gasteiger partial charge in [-0.2, -0.15) is 0 Å². The number of fused-ring (bicyclic) bond motifs is 2. The molecule has 1 aromatic rings. The Morgan fingerprint density at radius 3 is 2.94 bits per heavy atom. The van der Waals surface area contributed by atoms with E-state index in [1.165, 1.54) is 25.7 Å². The van der Waals surface area contributed by atoms with Gasteiger partial charge in [0.2, 0.25) is 0 Å². The molecule has 2 aliphatic rings. The fourth-order valence-corrected chi connectivity index (χ4v) is 3.96. The number of pyridine rings is 1. The van der Waals surface area contributed by atoms with E-state index in [2.05, 4.69) is 11.9 Å². The van der Waals surface area contributed by atoms with Crippen molar-refractivity contribution >= 4 is 5.78 Å². The number of hydrogen-bond donors (Lipinski definition) is 0. The lowest BCUT2D eigenvalue weighted by molar-refractivity contribution is 0.0943. The maximum atomic E-state index is 12.4. The topological polar surface area (TPSA) is 30.0 Å². The highest BCUT2D eigenvalue weighted by atomic mass is 16.1. The molecule has 2 fully saturated rings. The standard InChI is InChI=1S/C16H21NO/c1-2-12-10-17-6-5-15(12)16(18)9-14-8-11-3-4-13(14)7-11/h5-6,10-11,13-14H,2-4,7-9H2,1H3. The van der Waals surface area contributed by atoms with Crippen LogP contribution >= 0.6 is 0 Å². The smallest absolute Gasteiger partial charge is 0.163 e. The molecule has 0 saturated heterocycles. The van der Waals surface area contributed by atoms with Crippen LogP contribution in [0.5, 0.6) is 0 Å². The second-order valence-corrected chi connectivity index (χ2v) is 5.95. The third-order valence-corrected chi connectivity index (χ3v) is 4.92. The second kappa shape index (κ2) is 4.83. The van der Waals surface area contributed by atoms with Gasteiger partial charge in [0.1, 0.15) is 0 Å². The summed E-state index contributed by atoms with van der Waals surface area (Å²) in [6, 6.07) is 1.90. The maximum Gasteiger partial charge on any atom is 0.163 e. The van der Waals surface area contributed by atoms with E-state index in [9.17, 15) is 4.79 Å². The number of Topliss-reactive ketones (excluding diaryl/α,β-unsaturated/α-hetero) is 1. The van der Waals surface area contributed by atoms with E-state index in [-0.39, 0.29) is 0 Å². The molecule has 0 amide bonds. The van der Waals surface area contributed by atoms with E-state index in [0.29, 0.717) is 11.7 Å². The minimum atomic E-state index is 0.340. The summed E-state index contributed by atoms with van der Waals surface area (Å²) in [4.78, 5) is 16.5. The number of aromatic nitrogens is 1. The van der Waals surface area contributed by atoms with Crippen LogP contribution in [0.2, 0.25) is 0 Å². The van der Waals surface area contributed by atoms with Crippen LogP contribution in [-0.2, 0) is 6.42 Å². The first-order valence-electron chi connectivity index (χ1n) is 7.24. The van der Waals surface area contributed by atoms with Crippen LogP contribution in [0.15, 0.2) is 18.5 Å². The van der Waals surface area contributed by atoms with Crippen molar-refractivity contribution in [3.63, 3.8) is 0 Å². The molecule has 18 heavy (non-hydrogen) atoms. The van der Waals surface area contributed by atoms with E-state index < -0.39 is 0 Å². The lowest BCUT2D eigenvalue weighted by Gasteiger charge is -2.21. The molecule has 3 unspecified atom stereocenters. The Bertz CT molecular complexity index is 454. The highest BCUT2D eigenvalue weighted by Gasteiger charge is 2.40. The van der Waals surface area contributed by atoms with Crippen LogP contribution in [0.25, 0.3) is 0 Å². The Kier molecular flexibility index (Phi) is 3.19. The molecular weight excluding hydrogens is 222 g/mol. The molecule has 0 aromatic carbocycles. The van der Waals surface area contributed by atoms with Gasteiger partial charge in [-0.05, 0) is 55.1 Å². The molecule has 2 nitrogen and oxygen atoms in total. The summed E-state index contributed by atoms with van der Waals surface area (Å²) in [5, 5.41) is 0. The van der Waals surface area contributed by atoms with Gasteiger partial charge < -0.3 is 0 Å². The number of hydrogen-bond acceptors (Lipinski definition) is 2. The molecule has 0 radical (unpaired) electrons. The summed E-state index contributed by atoms with van der Waals surface area (Å²) >= 11 is 0. The molecular formula is C16H21NO. The quantitative estimate of drug-likeness (QED) is 0.755. The summed E-state index contributed by atoms with van der Waals surface area (Å²) in [6.45, 7) is 2.09. The zero-order valence-electron chi connectivity index (χ0n) is 11.1. The van der Waals surface area contributed by atoms with Gasteiger partial charge in [-0.15, -0.1) is 0 Å². The average molecular weight is 243 g/mol. The van der Waals surface area contributed by atoms with Crippen molar-refractivity contribution in [2.75, 3.05) is 0 Å². The van der Waals surface area contributed by atoms with Gasteiger partial charge in [0.15, 0.2) is 5.78 Å². The van der Waals surface area contributed by atoms with Crippen molar-refractivity contribution in [2.24, 2.45) is 17.8 Å². The Labute approximate surface area is 109 Å². The zero-order valence-corrected chi connectivity index (χ0v) is 11.1. The molecule has 2 aliphatic carbocycles. The molecule has 0 aliphatic heterocycles. The third kappa shape index (κ3) is 2.09. The SMILES string of the molecule is CCc1cnccc1C(=O)CC1CC2CCC1C2. The fraction of sp³-hybridized carbons (Fsp3) is 0.625. The van der Waals surface area contributed by atoms with Crippen molar-refractivity contribution < 1.29 is 4.79 Å². The first-order chi connectivity index (χ1) is 8.78. The lowest BCUT2D eigenvalue weighted by Crippen LogP contribution is -2.16. The Hall–Kier alpha value is -1.18. The van der Waals surface area contributed by atoms with E-state index in [0.717, 1.165) is 35.8 Å². The van der Waals surface area contributed by atoms with Gasteiger partial charge in [-0.1, -0.05) is 13.3 Å². The van der Waals surface area contributed by atoms with Crippen LogP contribution in [0.4, 0.5) is 0 Å². The van der Waals surface area contributed by atoms with Crippen molar-refractivity contribution in [1.29, 1.82) is 0 Å². The molecule has 2 bridgehead atoms. The van der Waals surface area contributed by atoms with Crippen molar-refractivity contribution in [3.05, 3.63) is 29.6 Å². The molecule has 2 heteroatoms. The monoisotopic (exact) mass is 243 g/mol. The molecule has 1 aromatic heterocycles. The van der Waals surface area contributed by atoms with Crippen molar-refractivity contribution in [2.45, 2.75) is 45.4 Å². The molecule has 3 atom stereocenters. The predicted molar refractivity (Wildman–Crippen MR) is 71.5 cm³/mol. The van der Waals surface area contributed by atoms with Gasteiger partial charge in [-0.3, -0.25) is 9.78 Å². The van der Waals surface area contributed by atoms with E-state index in [4.69, 9.17) is 0 Å². The van der Waals surface area contributed by atoms with Gasteiger partial charge >= 0.3 is 0 Å². The van der Waals surface area contributed by atoms with E-state index in [1.54, 1.807) is 6.20 Å². The largest absolute Gasteiger partial charge is 0.294 e. The van der Waals surface area contributed by atoms with Crippen LogP contribution < -0.4 is 0 Å². The van der Waals surface area contributed by atoms with Gasteiger partial charge in [0, 0.05) is 24.4 Å². The fourth-order valence-electron chi connectivity index (χ4n) is 3.96. The zero-order chi connectivity index (χ0) is 12.5. The predicted octanol–water partition coefficient (Wildman–Crippen LogP) is 3.65. The summed E-state index contributed by atoms with van der Waals surface area (Å²) in [5.74, 6) is 2.77. The molecule has 0 spiro atoms. The number of carbonyl (C=O) groups excluding carboxylic acids is 1. The van der Waals surface area contributed by atoms with Gasteiger partial charge in [0.25, 0.3) is 0 Å². The highest BCUT2D eigenvalue weighted by Crippen LogP contribution is 2.49. The van der Waals surface area contributed by atoms with Crippen LogP contribution in [-0.4, -0.2) is 10.8 Å². The van der Waals surface area contributed by atoms with Crippen LogP contribution in [0.1, 0.15) is 54.9 Å². The van der Waals surface area contributed by atoms with Crippen molar-refractivity contribution in [3.8, 4) is 0 Å². The summed E-state index contributed by atoms with van der Waals surface area (Å²) in [5.41, 5.74) is 2.01. The normalized spacial score (nSPS) is 29.7. The number of rotatable bonds is 4. The van der Waals surface area contributed by atoms with Crippen molar-refractivity contribution in [1.82, 2.24) is 4.98 Å². The summed E-state index contributed by atoms with van der Waals surface area (Å²) in [6.07, 6.45) is 10.7. The Morgan fingerprint density at radius 2 is 2.28 bits per heavy atom. The third-order valence-electron chi connectivity index (χ3n) is 4.92. The number of aryl methyl sites for hydroxylation is 1. The molecule has 3 rings (SSSR count). The van der Waals surface area contributed by atoms with E-state index >= 15 is 0 Å². The molecule has 96 valence electrons. The Morgan fingerprint density at radius 1 is 1.39 bits per heavy atom. The lowest BCUT2D eigenvalue weighted by atomic mass is 9.83.